The Morgan fingerprint density at radius 3 is 2.38 bits per heavy atom. The van der Waals surface area contributed by atoms with E-state index in [2.05, 4.69) is 59.9 Å². The molecule has 1 N–H and O–H groups in total. The van der Waals surface area contributed by atoms with Gasteiger partial charge in [0.05, 0.1) is 0 Å². The van der Waals surface area contributed by atoms with Crippen molar-refractivity contribution in [2.45, 2.75) is 12.5 Å². The molecule has 3 aromatic carbocycles. The largest absolute Gasteiger partial charge is 0.313 e. The lowest BCUT2D eigenvalue weighted by Crippen LogP contribution is -2.19. The van der Waals surface area contributed by atoms with Gasteiger partial charge in [0.1, 0.15) is 0 Å². The Labute approximate surface area is 130 Å². The van der Waals surface area contributed by atoms with Crippen molar-refractivity contribution in [3.8, 4) is 0 Å². The monoisotopic (exact) mass is 295 g/mol. The van der Waals surface area contributed by atoms with Gasteiger partial charge in [-0.05, 0) is 47.5 Å². The molecule has 21 heavy (non-hydrogen) atoms. The van der Waals surface area contributed by atoms with E-state index < -0.39 is 0 Å². The fraction of sp³-hybridized carbons (Fsp3) is 0.158. The Hall–Kier alpha value is -1.83. The summed E-state index contributed by atoms with van der Waals surface area (Å²) < 4.78 is 0. The minimum atomic E-state index is 0.289. The predicted molar refractivity (Wildman–Crippen MR) is 90.9 cm³/mol. The minimum absolute atomic E-state index is 0.289. The third-order valence-electron chi connectivity index (χ3n) is 3.90. The van der Waals surface area contributed by atoms with Crippen LogP contribution in [0.2, 0.25) is 5.02 Å². The molecule has 0 fully saturated rings. The van der Waals surface area contributed by atoms with Crippen LogP contribution in [0, 0.1) is 0 Å². The molecule has 0 aliphatic carbocycles. The highest BCUT2D eigenvalue weighted by Gasteiger charge is 2.12. The number of fused-ring (bicyclic) bond motifs is 1. The number of hydrogen-bond acceptors (Lipinski definition) is 1. The Kier molecular flexibility index (Phi) is 4.23. The van der Waals surface area contributed by atoms with Gasteiger partial charge >= 0.3 is 0 Å². The Morgan fingerprint density at radius 1 is 0.905 bits per heavy atom. The molecule has 0 spiro atoms. The van der Waals surface area contributed by atoms with Crippen LogP contribution >= 0.6 is 11.6 Å². The van der Waals surface area contributed by atoms with Gasteiger partial charge in [-0.2, -0.15) is 0 Å². The van der Waals surface area contributed by atoms with E-state index in [1.165, 1.54) is 21.9 Å². The van der Waals surface area contributed by atoms with E-state index in [1.807, 2.05) is 19.2 Å². The highest BCUT2D eigenvalue weighted by atomic mass is 35.5. The van der Waals surface area contributed by atoms with Gasteiger partial charge in [0, 0.05) is 11.1 Å². The fourth-order valence-corrected chi connectivity index (χ4v) is 2.90. The second-order valence-corrected chi connectivity index (χ2v) is 5.68. The van der Waals surface area contributed by atoms with E-state index in [-0.39, 0.29) is 6.04 Å². The van der Waals surface area contributed by atoms with Gasteiger partial charge in [0.15, 0.2) is 0 Å². The third kappa shape index (κ3) is 3.10. The van der Waals surface area contributed by atoms with Crippen molar-refractivity contribution in [1.82, 2.24) is 5.32 Å². The van der Waals surface area contributed by atoms with Gasteiger partial charge < -0.3 is 5.32 Å². The summed E-state index contributed by atoms with van der Waals surface area (Å²) in [5, 5.41) is 6.82. The normalized spacial score (nSPS) is 12.5. The molecule has 1 nitrogen and oxygen atoms in total. The molecule has 0 radical (unpaired) electrons. The summed E-state index contributed by atoms with van der Waals surface area (Å²) in [7, 11) is 2.02. The maximum absolute atomic E-state index is 5.96. The highest BCUT2D eigenvalue weighted by molar-refractivity contribution is 6.30. The van der Waals surface area contributed by atoms with Crippen molar-refractivity contribution in [3.63, 3.8) is 0 Å². The lowest BCUT2D eigenvalue weighted by molar-refractivity contribution is 0.596. The summed E-state index contributed by atoms with van der Waals surface area (Å²) in [6.07, 6.45) is 0.946. The summed E-state index contributed by atoms with van der Waals surface area (Å²) in [5.41, 5.74) is 2.62. The molecular weight excluding hydrogens is 278 g/mol. The SMILES string of the molecule is CNC(Cc1ccc(Cl)cc1)c1cccc2ccccc12. The second-order valence-electron chi connectivity index (χ2n) is 5.24. The molecule has 0 aliphatic heterocycles. The number of likely N-dealkylation sites (N-methyl/N-ethyl adjacent to an activating group) is 1. The minimum Gasteiger partial charge on any atom is -0.313 e. The van der Waals surface area contributed by atoms with Crippen molar-refractivity contribution in [1.29, 1.82) is 0 Å². The molecule has 1 atom stereocenters. The first-order valence-electron chi connectivity index (χ1n) is 7.17. The van der Waals surface area contributed by atoms with Crippen LogP contribution in [0.25, 0.3) is 10.8 Å². The van der Waals surface area contributed by atoms with Crippen LogP contribution in [-0.4, -0.2) is 7.05 Å². The number of benzene rings is 3. The highest BCUT2D eigenvalue weighted by Crippen LogP contribution is 2.26. The summed E-state index contributed by atoms with van der Waals surface area (Å²) >= 11 is 5.96. The van der Waals surface area contributed by atoms with Crippen molar-refractivity contribution < 1.29 is 0 Å². The van der Waals surface area contributed by atoms with Crippen LogP contribution in [0.3, 0.4) is 0 Å². The first-order chi connectivity index (χ1) is 10.3. The molecule has 0 aliphatic rings. The van der Waals surface area contributed by atoms with Crippen LogP contribution in [0.4, 0.5) is 0 Å². The van der Waals surface area contributed by atoms with E-state index in [0.29, 0.717) is 0 Å². The summed E-state index contributed by atoms with van der Waals surface area (Å²) in [4.78, 5) is 0. The van der Waals surface area contributed by atoms with E-state index in [0.717, 1.165) is 11.4 Å². The number of nitrogens with one attached hydrogen (secondary N) is 1. The zero-order valence-electron chi connectivity index (χ0n) is 12.0. The number of hydrogen-bond donors (Lipinski definition) is 1. The molecule has 3 rings (SSSR count). The summed E-state index contributed by atoms with van der Waals surface area (Å²) in [6.45, 7) is 0. The maximum atomic E-state index is 5.96. The van der Waals surface area contributed by atoms with E-state index in [9.17, 15) is 0 Å². The molecule has 0 bridgehead atoms. The summed E-state index contributed by atoms with van der Waals surface area (Å²) in [6, 6.07) is 23.4. The topological polar surface area (TPSA) is 12.0 Å². The number of rotatable bonds is 4. The van der Waals surface area contributed by atoms with Crippen LogP contribution < -0.4 is 5.32 Å². The lowest BCUT2D eigenvalue weighted by Gasteiger charge is -2.19. The van der Waals surface area contributed by atoms with Gasteiger partial charge in [-0.25, -0.2) is 0 Å². The Morgan fingerprint density at radius 2 is 1.62 bits per heavy atom. The van der Waals surface area contributed by atoms with Gasteiger partial charge in [-0.3, -0.25) is 0 Å². The van der Waals surface area contributed by atoms with Crippen LogP contribution in [0.1, 0.15) is 17.2 Å². The number of halogens is 1. The van der Waals surface area contributed by atoms with Crippen LogP contribution in [0.5, 0.6) is 0 Å². The first-order valence-corrected chi connectivity index (χ1v) is 7.55. The van der Waals surface area contributed by atoms with Crippen molar-refractivity contribution in [2.75, 3.05) is 7.05 Å². The average Bonchev–Trinajstić information content (AvgIpc) is 2.54. The zero-order chi connectivity index (χ0) is 14.7. The molecule has 2 heteroatoms. The molecule has 106 valence electrons. The average molecular weight is 296 g/mol. The lowest BCUT2D eigenvalue weighted by atomic mass is 9.94. The molecule has 3 aromatic rings. The Bertz CT molecular complexity index is 729. The van der Waals surface area contributed by atoms with Crippen LogP contribution in [0.15, 0.2) is 66.7 Å². The first kappa shape index (κ1) is 14.1. The maximum Gasteiger partial charge on any atom is 0.0406 e. The molecule has 0 amide bonds. The smallest absolute Gasteiger partial charge is 0.0406 e. The molecule has 0 saturated carbocycles. The molecule has 1 unspecified atom stereocenters. The van der Waals surface area contributed by atoms with Crippen molar-refractivity contribution in [3.05, 3.63) is 82.9 Å². The van der Waals surface area contributed by atoms with E-state index >= 15 is 0 Å². The standard InChI is InChI=1S/C19H18ClN/c1-21-19(13-14-9-11-16(20)12-10-14)18-8-4-6-15-5-2-3-7-17(15)18/h2-12,19,21H,13H2,1H3. The quantitative estimate of drug-likeness (QED) is 0.714. The molecular formula is C19H18ClN. The molecule has 0 heterocycles. The van der Waals surface area contributed by atoms with Crippen LogP contribution in [-0.2, 0) is 6.42 Å². The van der Waals surface area contributed by atoms with Gasteiger partial charge in [0.25, 0.3) is 0 Å². The zero-order valence-corrected chi connectivity index (χ0v) is 12.8. The fourth-order valence-electron chi connectivity index (χ4n) is 2.78. The predicted octanol–water partition coefficient (Wildman–Crippen LogP) is 5.00. The molecule has 0 aromatic heterocycles. The summed E-state index contributed by atoms with van der Waals surface area (Å²) in [5.74, 6) is 0. The third-order valence-corrected chi connectivity index (χ3v) is 4.15. The second kappa shape index (κ2) is 6.30. The van der Waals surface area contributed by atoms with Gasteiger partial charge in [-0.1, -0.05) is 66.2 Å². The Balaban J connectivity index is 1.96. The van der Waals surface area contributed by atoms with Gasteiger partial charge in [0.2, 0.25) is 0 Å². The van der Waals surface area contributed by atoms with Crippen molar-refractivity contribution in [2.24, 2.45) is 0 Å². The van der Waals surface area contributed by atoms with Crippen molar-refractivity contribution >= 4 is 22.4 Å². The van der Waals surface area contributed by atoms with Gasteiger partial charge in [-0.15, -0.1) is 0 Å². The molecule has 0 saturated heterocycles. The van der Waals surface area contributed by atoms with E-state index in [4.69, 9.17) is 11.6 Å². The van der Waals surface area contributed by atoms with E-state index in [1.54, 1.807) is 0 Å².